The monoisotopic (exact) mass is 518 g/mol. The number of ether oxygens (including phenoxy) is 1. The van der Waals surface area contributed by atoms with Crippen molar-refractivity contribution in [3.8, 4) is 0 Å². The normalized spacial score (nSPS) is 17.9. The highest BCUT2D eigenvalue weighted by Gasteiger charge is 2.41. The van der Waals surface area contributed by atoms with Crippen molar-refractivity contribution in [3.05, 3.63) is 59.7 Å². The fourth-order valence-corrected chi connectivity index (χ4v) is 4.74. The quantitative estimate of drug-likeness (QED) is 0.631. The molecule has 198 valence electrons. The van der Waals surface area contributed by atoms with Crippen LogP contribution in [0.4, 0.5) is 24.5 Å². The van der Waals surface area contributed by atoms with Crippen molar-refractivity contribution in [3.63, 3.8) is 0 Å². The number of nitrogens with one attached hydrogen (secondary N) is 2. The summed E-state index contributed by atoms with van der Waals surface area (Å²) in [7, 11) is 0. The van der Waals surface area contributed by atoms with E-state index in [0.717, 1.165) is 12.1 Å². The van der Waals surface area contributed by atoms with E-state index in [9.17, 15) is 27.6 Å². The van der Waals surface area contributed by atoms with Gasteiger partial charge in [0, 0.05) is 50.0 Å². The summed E-state index contributed by atoms with van der Waals surface area (Å²) in [6, 6.07) is 11.2. The highest BCUT2D eigenvalue weighted by atomic mass is 19.4. The van der Waals surface area contributed by atoms with E-state index in [1.165, 1.54) is 19.1 Å². The molecule has 0 bridgehead atoms. The number of amides is 3. The fourth-order valence-electron chi connectivity index (χ4n) is 4.74. The van der Waals surface area contributed by atoms with E-state index in [0.29, 0.717) is 62.6 Å². The van der Waals surface area contributed by atoms with E-state index in [1.807, 2.05) is 4.90 Å². The number of morpholine rings is 1. The molecule has 0 aromatic heterocycles. The van der Waals surface area contributed by atoms with Crippen LogP contribution in [0, 0.1) is 0 Å². The Morgan fingerprint density at radius 1 is 0.973 bits per heavy atom. The van der Waals surface area contributed by atoms with Gasteiger partial charge in [-0.15, -0.1) is 0 Å². The molecule has 2 N–H and O–H groups in total. The van der Waals surface area contributed by atoms with Crippen molar-refractivity contribution in [2.45, 2.75) is 31.5 Å². The molecule has 2 heterocycles. The first-order valence-corrected chi connectivity index (χ1v) is 12.0. The topological polar surface area (TPSA) is 91.0 Å². The Hall–Kier alpha value is -3.44. The highest BCUT2D eigenvalue weighted by molar-refractivity contribution is 5.97. The smallest absolute Gasteiger partial charge is 0.372 e. The molecule has 11 heteroatoms. The minimum absolute atomic E-state index is 0.0880. The number of nitrogens with zero attached hydrogens (tertiary/aromatic N) is 2. The number of carbonyl (C=O) groups excluding carboxylic acids is 3. The van der Waals surface area contributed by atoms with Gasteiger partial charge < -0.3 is 20.3 Å². The number of likely N-dealkylation sites (tertiary alicyclic amines) is 1. The minimum atomic E-state index is -4.43. The summed E-state index contributed by atoms with van der Waals surface area (Å²) in [5.74, 6) is -0.648. The van der Waals surface area contributed by atoms with Crippen LogP contribution >= 0.6 is 0 Å². The Morgan fingerprint density at radius 2 is 1.68 bits per heavy atom. The van der Waals surface area contributed by atoms with E-state index in [2.05, 4.69) is 10.6 Å². The van der Waals surface area contributed by atoms with Gasteiger partial charge in [0.1, 0.15) is 0 Å². The second kappa shape index (κ2) is 10.9. The third kappa shape index (κ3) is 6.86. The third-order valence-electron chi connectivity index (χ3n) is 6.58. The molecule has 2 aliphatic heterocycles. The van der Waals surface area contributed by atoms with Gasteiger partial charge in [0.15, 0.2) is 0 Å². The van der Waals surface area contributed by atoms with E-state index in [-0.39, 0.29) is 24.3 Å². The average Bonchev–Trinajstić information content (AvgIpc) is 2.84. The molecular weight excluding hydrogens is 489 g/mol. The molecule has 2 aliphatic rings. The summed E-state index contributed by atoms with van der Waals surface area (Å²) in [5.41, 5.74) is 0.115. The van der Waals surface area contributed by atoms with Crippen molar-refractivity contribution in [1.82, 2.24) is 9.80 Å². The molecule has 0 saturated carbocycles. The van der Waals surface area contributed by atoms with Crippen molar-refractivity contribution >= 4 is 29.1 Å². The van der Waals surface area contributed by atoms with Crippen LogP contribution in [-0.4, -0.2) is 72.5 Å². The first-order valence-electron chi connectivity index (χ1n) is 12.0. The molecule has 37 heavy (non-hydrogen) atoms. The van der Waals surface area contributed by atoms with Crippen LogP contribution < -0.4 is 10.6 Å². The fraction of sp³-hybridized carbons (Fsp3) is 0.423. The van der Waals surface area contributed by atoms with Crippen molar-refractivity contribution in [2.75, 3.05) is 50.0 Å². The molecule has 0 radical (unpaired) electrons. The molecule has 2 fully saturated rings. The lowest BCUT2D eigenvalue weighted by molar-refractivity contribution is -0.139. The number of alkyl halides is 3. The predicted molar refractivity (Wildman–Crippen MR) is 131 cm³/mol. The SMILES string of the molecule is CC(=O)Nc1cccc(C(=O)N2CCC3(CC2)CN(CC(=O)Nc2ccc(C(F)(F)F)cc2)CCO3)c1. The third-order valence-corrected chi connectivity index (χ3v) is 6.58. The number of benzene rings is 2. The van der Waals surface area contributed by atoms with Gasteiger partial charge in [-0.3, -0.25) is 19.3 Å². The molecule has 1 spiro atoms. The second-order valence-electron chi connectivity index (χ2n) is 9.42. The Bertz CT molecular complexity index is 1150. The van der Waals surface area contributed by atoms with E-state index in [1.54, 1.807) is 29.2 Å². The van der Waals surface area contributed by atoms with Gasteiger partial charge in [0.05, 0.1) is 24.3 Å². The van der Waals surface area contributed by atoms with Gasteiger partial charge in [-0.05, 0) is 55.3 Å². The lowest BCUT2D eigenvalue weighted by atomic mass is 9.89. The zero-order chi connectivity index (χ0) is 26.6. The first-order chi connectivity index (χ1) is 17.5. The van der Waals surface area contributed by atoms with Crippen LogP contribution in [-0.2, 0) is 20.5 Å². The summed E-state index contributed by atoms with van der Waals surface area (Å²) < 4.78 is 44.3. The number of hydrogen-bond donors (Lipinski definition) is 2. The predicted octanol–water partition coefficient (Wildman–Crippen LogP) is 3.61. The number of anilines is 2. The first kappa shape index (κ1) is 26.6. The van der Waals surface area contributed by atoms with Gasteiger partial charge in [0.25, 0.3) is 5.91 Å². The van der Waals surface area contributed by atoms with E-state index in [4.69, 9.17) is 4.74 Å². The highest BCUT2D eigenvalue weighted by Crippen LogP contribution is 2.32. The zero-order valence-corrected chi connectivity index (χ0v) is 20.4. The van der Waals surface area contributed by atoms with E-state index >= 15 is 0 Å². The van der Waals surface area contributed by atoms with Crippen LogP contribution in [0.25, 0.3) is 0 Å². The molecule has 2 aromatic carbocycles. The summed E-state index contributed by atoms with van der Waals surface area (Å²) in [6.07, 6.45) is -3.20. The molecule has 2 saturated heterocycles. The van der Waals surface area contributed by atoms with Crippen molar-refractivity contribution < 1.29 is 32.3 Å². The van der Waals surface area contributed by atoms with Crippen LogP contribution in [0.15, 0.2) is 48.5 Å². The van der Waals surface area contributed by atoms with Crippen molar-refractivity contribution in [2.24, 2.45) is 0 Å². The van der Waals surface area contributed by atoms with Gasteiger partial charge in [0.2, 0.25) is 11.8 Å². The minimum Gasteiger partial charge on any atom is -0.372 e. The molecule has 2 aromatic rings. The maximum absolute atomic E-state index is 13.0. The van der Waals surface area contributed by atoms with Gasteiger partial charge >= 0.3 is 6.18 Å². The standard InChI is InChI=1S/C26H29F3N4O4/c1-18(34)30-22-4-2-3-19(15-22)24(36)33-11-9-25(10-12-33)17-32(13-14-37-25)16-23(35)31-21-7-5-20(6-8-21)26(27,28)29/h2-8,15H,9-14,16-17H2,1H3,(H,30,34)(H,31,35). The number of hydrogen-bond acceptors (Lipinski definition) is 5. The Labute approximate surface area is 212 Å². The van der Waals surface area contributed by atoms with Crippen molar-refractivity contribution in [1.29, 1.82) is 0 Å². The van der Waals surface area contributed by atoms with Crippen LogP contribution in [0.5, 0.6) is 0 Å². The lowest BCUT2D eigenvalue weighted by Gasteiger charge is -2.47. The van der Waals surface area contributed by atoms with Crippen LogP contribution in [0.1, 0.15) is 35.7 Å². The molecule has 0 atom stereocenters. The zero-order valence-electron chi connectivity index (χ0n) is 20.4. The molecule has 8 nitrogen and oxygen atoms in total. The summed E-state index contributed by atoms with van der Waals surface area (Å²) in [6.45, 7) is 4.01. The lowest BCUT2D eigenvalue weighted by Crippen LogP contribution is -2.58. The number of piperidine rings is 1. The summed E-state index contributed by atoms with van der Waals surface area (Å²) >= 11 is 0. The molecular formula is C26H29F3N4O4. The number of carbonyl (C=O) groups is 3. The maximum atomic E-state index is 13.0. The maximum Gasteiger partial charge on any atom is 0.416 e. The average molecular weight is 519 g/mol. The van der Waals surface area contributed by atoms with Gasteiger partial charge in [-0.2, -0.15) is 13.2 Å². The number of rotatable bonds is 5. The second-order valence-corrected chi connectivity index (χ2v) is 9.42. The van der Waals surface area contributed by atoms with Gasteiger partial charge in [-0.25, -0.2) is 0 Å². The Balaban J connectivity index is 1.29. The van der Waals surface area contributed by atoms with Crippen LogP contribution in [0.3, 0.4) is 0 Å². The largest absolute Gasteiger partial charge is 0.416 e. The molecule has 4 rings (SSSR count). The molecule has 0 unspecified atom stereocenters. The summed E-state index contributed by atoms with van der Waals surface area (Å²) in [4.78, 5) is 40.6. The Morgan fingerprint density at radius 3 is 2.32 bits per heavy atom. The summed E-state index contributed by atoms with van der Waals surface area (Å²) in [5, 5.41) is 5.33. The molecule has 3 amide bonds. The van der Waals surface area contributed by atoms with Gasteiger partial charge in [-0.1, -0.05) is 6.07 Å². The van der Waals surface area contributed by atoms with E-state index < -0.39 is 17.3 Å². The molecule has 0 aliphatic carbocycles. The number of halogens is 3. The van der Waals surface area contributed by atoms with Crippen LogP contribution in [0.2, 0.25) is 0 Å². The Kier molecular flexibility index (Phi) is 7.84.